The largest absolute Gasteiger partial charge is 0.494 e. The molecule has 4 rings (SSSR count). The normalized spacial score (nSPS) is 11.6. The molecule has 43 heavy (non-hydrogen) atoms. The molecule has 0 unspecified atom stereocenters. The van der Waals surface area contributed by atoms with Crippen LogP contribution in [-0.2, 0) is 20.7 Å². The van der Waals surface area contributed by atoms with E-state index < -0.39 is 23.9 Å². The van der Waals surface area contributed by atoms with Crippen molar-refractivity contribution in [3.8, 4) is 23.0 Å². The summed E-state index contributed by atoms with van der Waals surface area (Å²) < 4.78 is 26.7. The zero-order valence-electron chi connectivity index (χ0n) is 23.2. The molecule has 0 aliphatic heterocycles. The lowest BCUT2D eigenvalue weighted by molar-refractivity contribution is -0.138. The first-order valence-corrected chi connectivity index (χ1v) is 13.4. The monoisotopic (exact) mass is 584 g/mol. The first-order valence-electron chi connectivity index (χ1n) is 13.4. The number of rotatable bonds is 13. The van der Waals surface area contributed by atoms with E-state index in [2.05, 4.69) is 13.2 Å². The SMILES string of the molecule is C=CC(=O)OCCCCOc1ccc(C(=O)Oc2ccc(OC(=O)c3ccc(OC(=O)C=C)cc3)c3c2C(=O)CC3)cc1. The van der Waals surface area contributed by atoms with Gasteiger partial charge in [0, 0.05) is 24.1 Å². The summed E-state index contributed by atoms with van der Waals surface area (Å²) in [4.78, 5) is 60.7. The Morgan fingerprint density at radius 3 is 1.84 bits per heavy atom. The Labute approximate surface area is 247 Å². The summed E-state index contributed by atoms with van der Waals surface area (Å²) in [5.41, 5.74) is 1.13. The second-order valence-corrected chi connectivity index (χ2v) is 9.22. The van der Waals surface area contributed by atoms with E-state index >= 15 is 0 Å². The molecule has 0 saturated heterocycles. The van der Waals surface area contributed by atoms with E-state index in [0.717, 1.165) is 12.2 Å². The molecule has 0 saturated carbocycles. The van der Waals surface area contributed by atoms with Crippen molar-refractivity contribution in [3.63, 3.8) is 0 Å². The van der Waals surface area contributed by atoms with Crippen molar-refractivity contribution in [1.82, 2.24) is 0 Å². The first-order chi connectivity index (χ1) is 20.8. The second-order valence-electron chi connectivity index (χ2n) is 9.22. The van der Waals surface area contributed by atoms with Gasteiger partial charge in [0.05, 0.1) is 29.9 Å². The van der Waals surface area contributed by atoms with Gasteiger partial charge in [0.2, 0.25) is 0 Å². The Bertz CT molecular complexity index is 1550. The number of ether oxygens (including phenoxy) is 5. The van der Waals surface area contributed by atoms with Crippen LogP contribution in [0.5, 0.6) is 23.0 Å². The van der Waals surface area contributed by atoms with E-state index in [4.69, 9.17) is 23.7 Å². The highest BCUT2D eigenvalue weighted by atomic mass is 16.5. The summed E-state index contributed by atoms with van der Waals surface area (Å²) >= 11 is 0. The van der Waals surface area contributed by atoms with Gasteiger partial charge in [0.1, 0.15) is 23.0 Å². The number of unbranched alkanes of at least 4 members (excludes halogenated alkanes) is 1. The molecule has 10 nitrogen and oxygen atoms in total. The summed E-state index contributed by atoms with van der Waals surface area (Å²) in [5.74, 6) is -1.61. The van der Waals surface area contributed by atoms with Crippen LogP contribution in [0, 0.1) is 0 Å². The minimum Gasteiger partial charge on any atom is -0.494 e. The summed E-state index contributed by atoms with van der Waals surface area (Å²) in [7, 11) is 0. The molecule has 10 heteroatoms. The van der Waals surface area contributed by atoms with Crippen LogP contribution in [0.2, 0.25) is 0 Å². The molecular weight excluding hydrogens is 556 g/mol. The van der Waals surface area contributed by atoms with Gasteiger partial charge in [0.15, 0.2) is 5.78 Å². The van der Waals surface area contributed by atoms with E-state index in [1.54, 1.807) is 24.3 Å². The summed E-state index contributed by atoms with van der Waals surface area (Å²) in [6, 6.07) is 15.0. The molecule has 0 spiro atoms. The highest BCUT2D eigenvalue weighted by molar-refractivity contribution is 6.05. The number of Topliss-reactive ketones (excluding diaryl/α,β-unsaturated/α-hetero) is 1. The molecule has 0 bridgehead atoms. The van der Waals surface area contributed by atoms with Gasteiger partial charge in [-0.1, -0.05) is 13.2 Å². The lowest BCUT2D eigenvalue weighted by Gasteiger charge is -2.13. The van der Waals surface area contributed by atoms with E-state index in [9.17, 15) is 24.0 Å². The van der Waals surface area contributed by atoms with Crippen LogP contribution in [0.1, 0.15) is 55.9 Å². The first kappa shape index (κ1) is 30.4. The van der Waals surface area contributed by atoms with Crippen molar-refractivity contribution >= 4 is 29.7 Å². The van der Waals surface area contributed by atoms with Crippen molar-refractivity contribution in [2.75, 3.05) is 13.2 Å². The summed E-state index contributed by atoms with van der Waals surface area (Å²) in [5, 5.41) is 0. The van der Waals surface area contributed by atoms with Gasteiger partial charge < -0.3 is 23.7 Å². The summed E-state index contributed by atoms with van der Waals surface area (Å²) in [6.45, 7) is 7.34. The van der Waals surface area contributed by atoms with Gasteiger partial charge >= 0.3 is 23.9 Å². The van der Waals surface area contributed by atoms with Gasteiger partial charge in [-0.2, -0.15) is 0 Å². The predicted octanol–water partition coefficient (Wildman–Crippen LogP) is 5.23. The average Bonchev–Trinajstić information content (AvgIpc) is 3.42. The number of hydrogen-bond donors (Lipinski definition) is 0. The third kappa shape index (κ3) is 8.04. The van der Waals surface area contributed by atoms with Crippen LogP contribution < -0.4 is 18.9 Å². The second kappa shape index (κ2) is 14.4. The van der Waals surface area contributed by atoms with Gasteiger partial charge in [0.25, 0.3) is 0 Å². The highest BCUT2D eigenvalue weighted by Crippen LogP contribution is 2.38. The molecule has 220 valence electrons. The zero-order valence-corrected chi connectivity index (χ0v) is 23.2. The minimum absolute atomic E-state index is 0.0770. The fraction of sp³-hybridized carbons (Fsp3) is 0.182. The third-order valence-electron chi connectivity index (χ3n) is 6.30. The fourth-order valence-corrected chi connectivity index (χ4v) is 4.15. The number of carbonyl (C=O) groups excluding carboxylic acids is 5. The third-order valence-corrected chi connectivity index (χ3v) is 6.30. The van der Waals surface area contributed by atoms with Crippen molar-refractivity contribution in [2.45, 2.75) is 25.7 Å². The molecular formula is C33H28O10. The lowest BCUT2D eigenvalue weighted by Crippen LogP contribution is -2.13. The number of fused-ring (bicyclic) bond motifs is 1. The number of hydrogen-bond acceptors (Lipinski definition) is 10. The topological polar surface area (TPSA) is 132 Å². The van der Waals surface area contributed by atoms with E-state index in [-0.39, 0.29) is 52.7 Å². The molecule has 1 aliphatic carbocycles. The Morgan fingerprint density at radius 2 is 1.21 bits per heavy atom. The number of ketones is 1. The van der Waals surface area contributed by atoms with Crippen molar-refractivity contribution < 1.29 is 47.7 Å². The van der Waals surface area contributed by atoms with Crippen LogP contribution in [-0.4, -0.2) is 42.9 Å². The molecule has 3 aromatic carbocycles. The number of esters is 4. The van der Waals surface area contributed by atoms with E-state index in [1.165, 1.54) is 36.4 Å². The van der Waals surface area contributed by atoms with Crippen molar-refractivity contribution in [3.05, 3.63) is 108 Å². The summed E-state index contributed by atoms with van der Waals surface area (Å²) in [6.07, 6.45) is 3.93. The highest BCUT2D eigenvalue weighted by Gasteiger charge is 2.29. The molecule has 0 heterocycles. The molecule has 0 N–H and O–H groups in total. The van der Waals surface area contributed by atoms with Crippen LogP contribution in [0.3, 0.4) is 0 Å². The van der Waals surface area contributed by atoms with Crippen molar-refractivity contribution in [1.29, 1.82) is 0 Å². The molecule has 1 aliphatic rings. The Kier molecular flexibility index (Phi) is 10.2. The Morgan fingerprint density at radius 1 is 0.651 bits per heavy atom. The zero-order chi connectivity index (χ0) is 30.8. The maximum atomic E-state index is 12.9. The number of carbonyl (C=O) groups is 5. The number of benzene rings is 3. The fourth-order valence-electron chi connectivity index (χ4n) is 4.15. The van der Waals surface area contributed by atoms with Crippen LogP contribution in [0.4, 0.5) is 0 Å². The van der Waals surface area contributed by atoms with E-state index in [0.29, 0.717) is 37.2 Å². The van der Waals surface area contributed by atoms with Gasteiger partial charge in [-0.3, -0.25) is 4.79 Å². The quantitative estimate of drug-likeness (QED) is 0.114. The molecule has 0 fully saturated rings. The Balaban J connectivity index is 1.36. The van der Waals surface area contributed by atoms with Crippen LogP contribution in [0.25, 0.3) is 0 Å². The minimum atomic E-state index is -0.675. The molecule has 0 amide bonds. The van der Waals surface area contributed by atoms with E-state index in [1.807, 2.05) is 0 Å². The van der Waals surface area contributed by atoms with Crippen molar-refractivity contribution in [2.24, 2.45) is 0 Å². The molecule has 3 aromatic rings. The smallest absolute Gasteiger partial charge is 0.343 e. The molecule has 0 aromatic heterocycles. The lowest BCUT2D eigenvalue weighted by atomic mass is 10.1. The standard InChI is InChI=1S/C33H28O10/c1-3-29(35)40-20-6-5-19-39-23-11-7-21(8-12-23)33(38)43-28-18-17-27(25-15-16-26(34)31(25)28)42-32(37)22-9-13-24(14-10-22)41-30(36)4-2/h3-4,7-14,17-18H,1-2,5-6,15-16,19-20H2. The van der Waals surface area contributed by atoms with Gasteiger partial charge in [-0.05, 0) is 79.9 Å². The van der Waals surface area contributed by atoms with Crippen LogP contribution in [0.15, 0.2) is 86.0 Å². The maximum absolute atomic E-state index is 12.9. The maximum Gasteiger partial charge on any atom is 0.343 e. The Hall–Kier alpha value is -5.51. The molecule has 0 atom stereocenters. The van der Waals surface area contributed by atoms with Gasteiger partial charge in [-0.25, -0.2) is 19.2 Å². The van der Waals surface area contributed by atoms with Crippen LogP contribution >= 0.6 is 0 Å². The average molecular weight is 585 g/mol. The molecule has 0 radical (unpaired) electrons. The predicted molar refractivity (Wildman–Crippen MR) is 154 cm³/mol. The van der Waals surface area contributed by atoms with Gasteiger partial charge in [-0.15, -0.1) is 0 Å².